The topological polar surface area (TPSA) is 187 Å². The monoisotopic (exact) mass is 296 g/mol. The van der Waals surface area contributed by atoms with Crippen molar-refractivity contribution in [2.75, 3.05) is 6.61 Å². The third kappa shape index (κ3) is 8.02. The smallest absolute Gasteiger partial charge is 0.323 e. The van der Waals surface area contributed by atoms with Gasteiger partial charge in [-0.05, 0) is 13.8 Å². The maximum atomic E-state index is 10.2. The zero-order valence-electron chi connectivity index (χ0n) is 11.7. The second-order valence-electron chi connectivity index (χ2n) is 4.94. The molecule has 4 atom stereocenters. The van der Waals surface area contributed by atoms with Gasteiger partial charge in [-0.2, -0.15) is 0 Å². The van der Waals surface area contributed by atoms with E-state index in [0.717, 1.165) is 0 Å². The van der Waals surface area contributed by atoms with Crippen LogP contribution in [0, 0.1) is 5.92 Å². The van der Waals surface area contributed by atoms with Gasteiger partial charge in [-0.1, -0.05) is 6.92 Å². The molecule has 0 amide bonds. The van der Waals surface area contributed by atoms with Crippen molar-refractivity contribution in [2.45, 2.75) is 44.6 Å². The van der Waals surface area contributed by atoms with Crippen molar-refractivity contribution in [2.24, 2.45) is 17.4 Å². The van der Waals surface area contributed by atoms with Crippen molar-refractivity contribution < 1.29 is 35.1 Å². The molecule has 9 N–H and O–H groups in total. The highest BCUT2D eigenvalue weighted by molar-refractivity contribution is 5.74. The molecule has 0 rings (SSSR count). The number of aliphatic hydroxyl groups excluding tert-OH is 2. The number of aliphatic hydroxyl groups is 3. The van der Waals surface area contributed by atoms with Crippen LogP contribution in [-0.2, 0) is 9.59 Å². The van der Waals surface area contributed by atoms with Crippen LogP contribution in [0.25, 0.3) is 0 Å². The molecule has 9 heteroatoms. The van der Waals surface area contributed by atoms with E-state index in [-0.39, 0.29) is 0 Å². The number of carbonyl (C=O) groups is 2. The highest BCUT2D eigenvalue weighted by Gasteiger charge is 2.29. The molecule has 0 saturated carbocycles. The molecular formula is C11H24N2O7. The molecule has 0 aliphatic heterocycles. The van der Waals surface area contributed by atoms with Gasteiger partial charge >= 0.3 is 11.9 Å². The standard InChI is InChI=1S/C6H13NO4.C5H11NO3/c1-3(4(9)2-8)5(7)6(10)11;1-5(2,9)3(6)4(7)8/h3-5,8-9H,2,7H2,1H3,(H,10,11);3,9H,6H2,1-2H3,(H,7,8)/t3-,4?,5-;3-/m01/s1. The molecule has 1 unspecified atom stereocenters. The van der Waals surface area contributed by atoms with Crippen LogP contribution in [-0.4, -0.2) is 67.9 Å². The van der Waals surface area contributed by atoms with Crippen molar-refractivity contribution in [1.29, 1.82) is 0 Å². The Balaban J connectivity index is 0. The molecule has 120 valence electrons. The molecule has 20 heavy (non-hydrogen) atoms. The quantitative estimate of drug-likeness (QED) is 0.279. The molecule has 0 spiro atoms. The first-order valence-corrected chi connectivity index (χ1v) is 5.84. The molecule has 0 aromatic carbocycles. The molecule has 0 heterocycles. The first kappa shape index (κ1) is 21.0. The van der Waals surface area contributed by atoms with Gasteiger partial charge in [-0.25, -0.2) is 0 Å². The Morgan fingerprint density at radius 3 is 1.70 bits per heavy atom. The Kier molecular flexibility index (Phi) is 9.28. The normalized spacial score (nSPS) is 17.2. The summed E-state index contributed by atoms with van der Waals surface area (Å²) in [7, 11) is 0. The van der Waals surface area contributed by atoms with Crippen LogP contribution >= 0.6 is 0 Å². The highest BCUT2D eigenvalue weighted by Crippen LogP contribution is 2.06. The fourth-order valence-electron chi connectivity index (χ4n) is 0.933. The number of hydrogen-bond donors (Lipinski definition) is 7. The fraction of sp³-hybridized carbons (Fsp3) is 0.818. The summed E-state index contributed by atoms with van der Waals surface area (Å²) in [5.41, 5.74) is 8.87. The molecule has 0 radical (unpaired) electrons. The molecule has 0 fully saturated rings. The summed E-state index contributed by atoms with van der Waals surface area (Å²) in [5, 5.41) is 43.0. The van der Waals surface area contributed by atoms with Gasteiger partial charge in [0.05, 0.1) is 18.3 Å². The van der Waals surface area contributed by atoms with E-state index in [4.69, 9.17) is 37.0 Å². The van der Waals surface area contributed by atoms with Crippen molar-refractivity contribution in [1.82, 2.24) is 0 Å². The lowest BCUT2D eigenvalue weighted by molar-refractivity contribution is -0.144. The maximum absolute atomic E-state index is 10.2. The van der Waals surface area contributed by atoms with Crippen molar-refractivity contribution in [3.8, 4) is 0 Å². The maximum Gasteiger partial charge on any atom is 0.323 e. The van der Waals surface area contributed by atoms with Gasteiger partial charge in [0.25, 0.3) is 0 Å². The van der Waals surface area contributed by atoms with Crippen molar-refractivity contribution >= 4 is 11.9 Å². The van der Waals surface area contributed by atoms with Gasteiger partial charge in [0.15, 0.2) is 0 Å². The van der Waals surface area contributed by atoms with E-state index in [9.17, 15) is 9.59 Å². The van der Waals surface area contributed by atoms with E-state index in [2.05, 4.69) is 0 Å². The second-order valence-corrected chi connectivity index (χ2v) is 4.94. The van der Waals surface area contributed by atoms with Crippen LogP contribution < -0.4 is 11.5 Å². The third-order valence-electron chi connectivity index (χ3n) is 2.67. The minimum Gasteiger partial charge on any atom is -0.480 e. The summed E-state index contributed by atoms with van der Waals surface area (Å²) in [4.78, 5) is 20.3. The number of hydrogen-bond acceptors (Lipinski definition) is 7. The minimum atomic E-state index is -1.34. The van der Waals surface area contributed by atoms with Crippen LogP contribution in [0.2, 0.25) is 0 Å². The number of nitrogens with two attached hydrogens (primary N) is 2. The van der Waals surface area contributed by atoms with Gasteiger partial charge in [0.2, 0.25) is 0 Å². The summed E-state index contributed by atoms with van der Waals surface area (Å²) in [5.74, 6) is -3.01. The summed E-state index contributed by atoms with van der Waals surface area (Å²) in [6.45, 7) is 3.71. The molecule has 0 saturated heterocycles. The lowest BCUT2D eigenvalue weighted by Crippen LogP contribution is -2.48. The number of carboxylic acid groups (broad SMARTS) is 2. The van der Waals surface area contributed by atoms with Crippen LogP contribution in [0.4, 0.5) is 0 Å². The molecule has 0 aliphatic carbocycles. The van der Waals surface area contributed by atoms with E-state index in [1.54, 1.807) is 0 Å². The molecule has 0 aliphatic rings. The second kappa shape index (κ2) is 8.82. The van der Waals surface area contributed by atoms with E-state index in [1.165, 1.54) is 20.8 Å². The number of aliphatic carboxylic acids is 2. The van der Waals surface area contributed by atoms with E-state index in [1.807, 2.05) is 0 Å². The van der Waals surface area contributed by atoms with Gasteiger partial charge in [-0.3, -0.25) is 9.59 Å². The fourth-order valence-corrected chi connectivity index (χ4v) is 0.933. The van der Waals surface area contributed by atoms with Gasteiger partial charge in [0.1, 0.15) is 12.1 Å². The molecular weight excluding hydrogens is 272 g/mol. The van der Waals surface area contributed by atoms with Crippen LogP contribution in [0.3, 0.4) is 0 Å². The summed E-state index contributed by atoms with van der Waals surface area (Å²) < 4.78 is 0. The Labute approximate surface area is 116 Å². The first-order valence-electron chi connectivity index (χ1n) is 5.84. The lowest BCUT2D eigenvalue weighted by atomic mass is 9.97. The number of rotatable bonds is 6. The van der Waals surface area contributed by atoms with Crippen molar-refractivity contribution in [3.63, 3.8) is 0 Å². The molecule has 0 aromatic rings. The van der Waals surface area contributed by atoms with Crippen molar-refractivity contribution in [3.05, 3.63) is 0 Å². The summed E-state index contributed by atoms with van der Waals surface area (Å²) in [6.07, 6.45) is -1.07. The molecule has 0 aromatic heterocycles. The first-order chi connectivity index (χ1) is 8.86. The SMILES string of the molecule is CC(C)(O)[C@H](N)C(=O)O.C[C@@H](C(O)CO)[C@H](N)C(=O)O. The van der Waals surface area contributed by atoms with Gasteiger partial charge < -0.3 is 37.0 Å². The van der Waals surface area contributed by atoms with Gasteiger partial charge in [-0.15, -0.1) is 0 Å². The predicted octanol–water partition coefficient (Wildman–Crippen LogP) is -2.44. The number of carboxylic acids is 2. The summed E-state index contributed by atoms with van der Waals surface area (Å²) >= 11 is 0. The van der Waals surface area contributed by atoms with Crippen LogP contribution in [0.15, 0.2) is 0 Å². The average Bonchev–Trinajstić information content (AvgIpc) is 2.34. The Morgan fingerprint density at radius 2 is 1.55 bits per heavy atom. The summed E-state index contributed by atoms with van der Waals surface area (Å²) in [6, 6.07) is -2.34. The molecule has 9 nitrogen and oxygen atoms in total. The third-order valence-corrected chi connectivity index (χ3v) is 2.67. The average molecular weight is 296 g/mol. The zero-order valence-corrected chi connectivity index (χ0v) is 11.7. The Bertz CT molecular complexity index is 316. The van der Waals surface area contributed by atoms with E-state index in [0.29, 0.717) is 0 Å². The van der Waals surface area contributed by atoms with Crippen LogP contribution in [0.5, 0.6) is 0 Å². The van der Waals surface area contributed by atoms with E-state index >= 15 is 0 Å². The largest absolute Gasteiger partial charge is 0.480 e. The van der Waals surface area contributed by atoms with Gasteiger partial charge in [0, 0.05) is 5.92 Å². The molecule has 0 bridgehead atoms. The minimum absolute atomic E-state index is 0.470. The van der Waals surface area contributed by atoms with E-state index < -0.39 is 48.3 Å². The highest BCUT2D eigenvalue weighted by atomic mass is 16.4. The lowest BCUT2D eigenvalue weighted by Gasteiger charge is -2.20. The Morgan fingerprint density at radius 1 is 1.15 bits per heavy atom. The Hall–Kier alpha value is -1.26. The van der Waals surface area contributed by atoms with Crippen LogP contribution in [0.1, 0.15) is 20.8 Å². The predicted molar refractivity (Wildman–Crippen MR) is 69.8 cm³/mol. The zero-order chi connectivity index (χ0) is 16.7.